The van der Waals surface area contributed by atoms with E-state index in [9.17, 15) is 25.2 Å². The Labute approximate surface area is 118 Å². The molecule has 0 radical (unpaired) electrons. The molecule has 0 bridgehead atoms. The van der Waals surface area contributed by atoms with Crippen LogP contribution in [0.2, 0.25) is 0 Å². The van der Waals surface area contributed by atoms with Crippen molar-refractivity contribution in [1.29, 1.82) is 0 Å². The maximum Gasteiger partial charge on any atom is 0.431 e. The molecule has 0 rings (SSSR count). The largest absolute Gasteiger partial charge is 0.442 e. The van der Waals surface area contributed by atoms with E-state index in [-0.39, 0.29) is 6.42 Å². The van der Waals surface area contributed by atoms with Gasteiger partial charge in [-0.05, 0) is 27.2 Å². The van der Waals surface area contributed by atoms with Gasteiger partial charge < -0.3 is 25.2 Å². The monoisotopic (exact) mass is 295 g/mol. The zero-order valence-electron chi connectivity index (χ0n) is 12.2. The van der Waals surface area contributed by atoms with Gasteiger partial charge in [-0.3, -0.25) is 4.84 Å². The van der Waals surface area contributed by atoms with E-state index in [1.807, 2.05) is 5.48 Å². The van der Waals surface area contributed by atoms with Gasteiger partial charge in [0.1, 0.15) is 30.5 Å². The second-order valence-electron chi connectivity index (χ2n) is 5.44. The quantitative estimate of drug-likeness (QED) is 0.393. The van der Waals surface area contributed by atoms with Crippen LogP contribution in [0, 0.1) is 0 Å². The Morgan fingerprint density at radius 1 is 1.10 bits per heavy atom. The molecule has 0 aromatic rings. The third-order valence-electron chi connectivity index (χ3n) is 2.37. The second kappa shape index (κ2) is 8.38. The number of hydrogen-bond acceptors (Lipinski definition) is 7. The van der Waals surface area contributed by atoms with E-state index in [2.05, 4.69) is 4.84 Å². The highest BCUT2D eigenvalue weighted by Crippen LogP contribution is 2.08. The van der Waals surface area contributed by atoms with Gasteiger partial charge >= 0.3 is 6.09 Å². The van der Waals surface area contributed by atoms with Gasteiger partial charge in [0.2, 0.25) is 0 Å². The third-order valence-corrected chi connectivity index (χ3v) is 2.37. The van der Waals surface area contributed by atoms with Crippen molar-refractivity contribution in [1.82, 2.24) is 5.48 Å². The molecule has 8 heteroatoms. The van der Waals surface area contributed by atoms with E-state index in [0.29, 0.717) is 0 Å². The molecule has 0 heterocycles. The summed E-state index contributed by atoms with van der Waals surface area (Å²) < 4.78 is 4.87. The summed E-state index contributed by atoms with van der Waals surface area (Å²) in [4.78, 5) is 15.9. The smallest absolute Gasteiger partial charge is 0.431 e. The minimum atomic E-state index is -1.59. The Morgan fingerprint density at radius 3 is 2.05 bits per heavy atom. The molecule has 0 fully saturated rings. The predicted octanol–water partition coefficient (Wildman–Crippen LogP) is -0.704. The molecule has 5 N–H and O–H groups in total. The van der Waals surface area contributed by atoms with Gasteiger partial charge in [-0.1, -0.05) is 6.92 Å². The lowest BCUT2D eigenvalue weighted by atomic mass is 10.0. The van der Waals surface area contributed by atoms with Crippen LogP contribution in [0.4, 0.5) is 4.79 Å². The fourth-order valence-corrected chi connectivity index (χ4v) is 1.28. The molecule has 0 aromatic heterocycles. The summed E-state index contributed by atoms with van der Waals surface area (Å²) in [5.74, 6) is 0. The number of amides is 1. The number of carbonyl (C=O) groups excluding carboxylic acids is 1. The number of hydroxylamine groups is 1. The molecule has 0 unspecified atom stereocenters. The maximum absolute atomic E-state index is 11.2. The lowest BCUT2D eigenvalue weighted by Crippen LogP contribution is -2.47. The van der Waals surface area contributed by atoms with Crippen molar-refractivity contribution in [2.75, 3.05) is 6.61 Å². The van der Waals surface area contributed by atoms with Crippen LogP contribution in [0.3, 0.4) is 0 Å². The fraction of sp³-hybridized carbons (Fsp3) is 0.917. The first kappa shape index (κ1) is 19.1. The first-order valence-corrected chi connectivity index (χ1v) is 6.41. The zero-order chi connectivity index (χ0) is 15.9. The molecule has 120 valence electrons. The molecule has 4 atom stereocenters. The van der Waals surface area contributed by atoms with E-state index in [1.54, 1.807) is 27.7 Å². The Kier molecular flexibility index (Phi) is 7.99. The Hall–Kier alpha value is -0.930. The van der Waals surface area contributed by atoms with Crippen LogP contribution in [-0.4, -0.2) is 63.1 Å². The zero-order valence-corrected chi connectivity index (χ0v) is 12.2. The highest BCUT2D eigenvalue weighted by atomic mass is 16.7. The molecule has 0 aliphatic carbocycles. The molecule has 20 heavy (non-hydrogen) atoms. The van der Waals surface area contributed by atoms with Gasteiger partial charge in [-0.25, -0.2) is 4.79 Å². The van der Waals surface area contributed by atoms with Crippen molar-refractivity contribution in [2.24, 2.45) is 0 Å². The minimum Gasteiger partial charge on any atom is -0.442 e. The van der Waals surface area contributed by atoms with Gasteiger partial charge in [0.15, 0.2) is 0 Å². The average molecular weight is 295 g/mol. The van der Waals surface area contributed by atoms with Crippen molar-refractivity contribution < 1.29 is 34.8 Å². The number of nitrogens with one attached hydrogen (secondary N) is 1. The number of aliphatic hydroxyl groups is 4. The Morgan fingerprint density at radius 2 is 1.60 bits per heavy atom. The molecule has 0 spiro atoms. The minimum absolute atomic E-state index is 0.224. The number of rotatable bonds is 7. The van der Waals surface area contributed by atoms with E-state index in [1.165, 1.54) is 0 Å². The van der Waals surface area contributed by atoms with Crippen LogP contribution in [0.25, 0.3) is 0 Å². The first-order chi connectivity index (χ1) is 9.08. The summed E-state index contributed by atoms with van der Waals surface area (Å²) in [5, 5.41) is 37.9. The molecule has 8 nitrogen and oxygen atoms in total. The first-order valence-electron chi connectivity index (χ1n) is 6.41. The van der Waals surface area contributed by atoms with Crippen LogP contribution in [0.5, 0.6) is 0 Å². The highest BCUT2D eigenvalue weighted by molar-refractivity contribution is 5.66. The molecule has 0 saturated carbocycles. The second-order valence-corrected chi connectivity index (χ2v) is 5.44. The summed E-state index contributed by atoms with van der Waals surface area (Å²) in [6.07, 6.45) is -6.33. The third kappa shape index (κ3) is 7.61. The number of aliphatic hydroxyl groups excluding tert-OH is 4. The SMILES string of the molecule is CC[C@@H](O)[C@@H](O)[C@H](O)[C@H](O)CONC(=O)OC(C)(C)C. The van der Waals surface area contributed by atoms with E-state index in [4.69, 9.17) is 4.74 Å². The molecule has 0 saturated heterocycles. The van der Waals surface area contributed by atoms with Gasteiger partial charge in [-0.2, -0.15) is 5.48 Å². The maximum atomic E-state index is 11.2. The number of ether oxygens (including phenoxy) is 1. The topological polar surface area (TPSA) is 128 Å². The van der Waals surface area contributed by atoms with Crippen molar-refractivity contribution in [3.8, 4) is 0 Å². The van der Waals surface area contributed by atoms with Crippen molar-refractivity contribution in [3.63, 3.8) is 0 Å². The normalized spacial score (nSPS) is 18.0. The van der Waals surface area contributed by atoms with Crippen molar-refractivity contribution >= 4 is 6.09 Å². The summed E-state index contributed by atoms with van der Waals surface area (Å²) in [7, 11) is 0. The van der Waals surface area contributed by atoms with Crippen LogP contribution in [0.15, 0.2) is 0 Å². The van der Waals surface area contributed by atoms with E-state index < -0.39 is 42.7 Å². The number of carbonyl (C=O) groups is 1. The van der Waals surface area contributed by atoms with Crippen LogP contribution in [-0.2, 0) is 9.57 Å². The van der Waals surface area contributed by atoms with Gasteiger partial charge in [-0.15, -0.1) is 0 Å². The van der Waals surface area contributed by atoms with Crippen LogP contribution in [0.1, 0.15) is 34.1 Å². The van der Waals surface area contributed by atoms with Gasteiger partial charge in [0, 0.05) is 0 Å². The van der Waals surface area contributed by atoms with Gasteiger partial charge in [0.05, 0.1) is 6.10 Å². The lowest BCUT2D eigenvalue weighted by Gasteiger charge is -2.26. The summed E-state index contributed by atoms with van der Waals surface area (Å²) in [6, 6.07) is 0. The van der Waals surface area contributed by atoms with Crippen LogP contribution < -0.4 is 5.48 Å². The van der Waals surface area contributed by atoms with Crippen molar-refractivity contribution in [2.45, 2.75) is 64.1 Å². The predicted molar refractivity (Wildman–Crippen MR) is 69.6 cm³/mol. The summed E-state index contributed by atoms with van der Waals surface area (Å²) >= 11 is 0. The standard InChI is InChI=1S/C12H25NO7/c1-5-7(14)9(16)10(17)8(15)6-19-13-11(18)20-12(2,3)4/h7-10,14-17H,5-6H2,1-4H3,(H,13,18)/t7-,8-,9-,10-/m1/s1. The summed E-state index contributed by atoms with van der Waals surface area (Å²) in [5.41, 5.74) is 1.24. The van der Waals surface area contributed by atoms with Crippen molar-refractivity contribution in [3.05, 3.63) is 0 Å². The lowest BCUT2D eigenvalue weighted by molar-refractivity contribution is -0.130. The number of hydrogen-bond donors (Lipinski definition) is 5. The average Bonchev–Trinajstić information content (AvgIpc) is 2.33. The van der Waals surface area contributed by atoms with E-state index >= 15 is 0 Å². The Bertz CT molecular complexity index is 292. The highest BCUT2D eigenvalue weighted by Gasteiger charge is 2.29. The summed E-state index contributed by atoms with van der Waals surface area (Å²) in [6.45, 7) is 6.18. The van der Waals surface area contributed by atoms with E-state index in [0.717, 1.165) is 0 Å². The molecule has 0 aliphatic rings. The molecular formula is C12H25NO7. The van der Waals surface area contributed by atoms with Crippen LogP contribution >= 0.6 is 0 Å². The molecule has 1 amide bonds. The molecule has 0 aliphatic heterocycles. The van der Waals surface area contributed by atoms with Gasteiger partial charge in [0.25, 0.3) is 0 Å². The Balaban J connectivity index is 4.04. The molecule has 0 aromatic carbocycles. The fourth-order valence-electron chi connectivity index (χ4n) is 1.28. The molecular weight excluding hydrogens is 270 g/mol.